The topological polar surface area (TPSA) is 70.2 Å². The average molecular weight is 393 g/mol. The maximum atomic E-state index is 10.9. The Morgan fingerprint density at radius 3 is 2.48 bits per heavy atom. The molecule has 6 heteroatoms. The number of para-hydroxylation sites is 1. The van der Waals surface area contributed by atoms with Crippen LogP contribution in [0.2, 0.25) is 0 Å². The number of nitrogens with zero attached hydrogens (tertiary/aromatic N) is 3. The van der Waals surface area contributed by atoms with Gasteiger partial charge in [0.25, 0.3) is 5.69 Å². The maximum absolute atomic E-state index is 10.9. The van der Waals surface area contributed by atoms with Crippen molar-refractivity contribution >= 4 is 39.7 Å². The van der Waals surface area contributed by atoms with Gasteiger partial charge in [-0.3, -0.25) is 10.1 Å². The first kappa shape index (κ1) is 15.3. The van der Waals surface area contributed by atoms with Crippen molar-refractivity contribution in [2.45, 2.75) is 6.42 Å². The smallest absolute Gasteiger partial charge is 0.282 e. The third-order valence-electron chi connectivity index (χ3n) is 2.95. The quantitative estimate of drug-likeness (QED) is 0.433. The minimum atomic E-state index is -0.395. The fourth-order valence-corrected chi connectivity index (χ4v) is 2.68. The SMILES string of the molecule is N#CCCN(c1ccccc1)c1ccc([N+](=O)[O-])c(I)c1. The van der Waals surface area contributed by atoms with E-state index in [0.29, 0.717) is 16.5 Å². The van der Waals surface area contributed by atoms with Gasteiger partial charge < -0.3 is 4.90 Å². The molecule has 0 N–H and O–H groups in total. The van der Waals surface area contributed by atoms with E-state index < -0.39 is 4.92 Å². The van der Waals surface area contributed by atoms with Crippen LogP contribution >= 0.6 is 22.6 Å². The van der Waals surface area contributed by atoms with Crippen LogP contribution in [0.1, 0.15) is 6.42 Å². The van der Waals surface area contributed by atoms with E-state index in [4.69, 9.17) is 5.26 Å². The van der Waals surface area contributed by atoms with Crippen LogP contribution in [0.25, 0.3) is 0 Å². The van der Waals surface area contributed by atoms with Crippen molar-refractivity contribution in [2.75, 3.05) is 11.4 Å². The number of benzene rings is 2. The first-order valence-electron chi connectivity index (χ1n) is 6.27. The molecule has 0 radical (unpaired) electrons. The van der Waals surface area contributed by atoms with E-state index in [1.807, 2.05) is 57.8 Å². The lowest BCUT2D eigenvalue weighted by Crippen LogP contribution is -2.18. The molecular formula is C15H12IN3O2. The summed E-state index contributed by atoms with van der Waals surface area (Å²) in [6, 6.07) is 16.8. The van der Waals surface area contributed by atoms with Gasteiger partial charge in [0.15, 0.2) is 0 Å². The van der Waals surface area contributed by atoms with Crippen LogP contribution in [0.15, 0.2) is 48.5 Å². The van der Waals surface area contributed by atoms with Crippen LogP contribution in [0.5, 0.6) is 0 Å². The summed E-state index contributed by atoms with van der Waals surface area (Å²) in [6.45, 7) is 0.536. The second-order valence-corrected chi connectivity index (χ2v) is 5.45. The molecule has 2 rings (SSSR count). The molecule has 0 aromatic heterocycles. The highest BCUT2D eigenvalue weighted by molar-refractivity contribution is 14.1. The molecule has 0 fully saturated rings. The van der Waals surface area contributed by atoms with Gasteiger partial charge in [-0.25, -0.2) is 0 Å². The molecule has 21 heavy (non-hydrogen) atoms. The Balaban J connectivity index is 2.40. The number of halogens is 1. The largest absolute Gasteiger partial charge is 0.340 e. The molecule has 0 aliphatic carbocycles. The normalized spacial score (nSPS) is 9.90. The van der Waals surface area contributed by atoms with Crippen molar-refractivity contribution in [2.24, 2.45) is 0 Å². The monoisotopic (exact) mass is 393 g/mol. The van der Waals surface area contributed by atoms with Gasteiger partial charge in [0.05, 0.1) is 21.0 Å². The Labute approximate surface area is 136 Å². The number of hydrogen-bond donors (Lipinski definition) is 0. The van der Waals surface area contributed by atoms with E-state index >= 15 is 0 Å². The van der Waals surface area contributed by atoms with E-state index in [9.17, 15) is 10.1 Å². The molecule has 0 saturated carbocycles. The Kier molecular flexibility index (Phi) is 5.11. The molecule has 0 amide bonds. The van der Waals surface area contributed by atoms with Gasteiger partial charge in [0.2, 0.25) is 0 Å². The molecule has 0 bridgehead atoms. The summed E-state index contributed by atoms with van der Waals surface area (Å²) in [5.74, 6) is 0. The fourth-order valence-electron chi connectivity index (χ4n) is 1.99. The van der Waals surface area contributed by atoms with Crippen LogP contribution in [-0.2, 0) is 0 Å². The summed E-state index contributed by atoms with van der Waals surface area (Å²) in [4.78, 5) is 12.5. The first-order valence-corrected chi connectivity index (χ1v) is 7.35. The fraction of sp³-hybridized carbons (Fsp3) is 0.133. The predicted octanol–water partition coefficient (Wildman–Crippen LogP) is 4.25. The number of rotatable bonds is 5. The maximum Gasteiger partial charge on any atom is 0.282 e. The highest BCUT2D eigenvalue weighted by Gasteiger charge is 2.15. The molecule has 0 saturated heterocycles. The van der Waals surface area contributed by atoms with Crippen LogP contribution in [0, 0.1) is 25.0 Å². The van der Waals surface area contributed by atoms with Gasteiger partial charge in [-0.2, -0.15) is 5.26 Å². The summed E-state index contributed by atoms with van der Waals surface area (Å²) in [5.41, 5.74) is 1.89. The van der Waals surface area contributed by atoms with Crippen LogP contribution < -0.4 is 4.90 Å². The van der Waals surface area contributed by atoms with Crippen molar-refractivity contribution in [3.63, 3.8) is 0 Å². The van der Waals surface area contributed by atoms with Gasteiger partial charge in [-0.05, 0) is 46.9 Å². The van der Waals surface area contributed by atoms with Crippen molar-refractivity contribution in [3.05, 3.63) is 62.2 Å². The third-order valence-corrected chi connectivity index (χ3v) is 3.82. The van der Waals surface area contributed by atoms with E-state index in [1.165, 1.54) is 6.07 Å². The Morgan fingerprint density at radius 2 is 1.90 bits per heavy atom. The average Bonchev–Trinajstić information content (AvgIpc) is 2.48. The van der Waals surface area contributed by atoms with Crippen molar-refractivity contribution < 1.29 is 4.92 Å². The zero-order chi connectivity index (χ0) is 15.2. The van der Waals surface area contributed by atoms with Gasteiger partial charge in [0, 0.05) is 24.0 Å². The van der Waals surface area contributed by atoms with Gasteiger partial charge in [0.1, 0.15) is 0 Å². The standard InChI is InChI=1S/C15H12IN3O2/c16-14-11-13(7-8-15(14)19(20)21)18(10-4-9-17)12-5-2-1-3-6-12/h1-3,5-8,11H,4,10H2. The zero-order valence-electron chi connectivity index (χ0n) is 11.1. The summed E-state index contributed by atoms with van der Waals surface area (Å²) in [6.07, 6.45) is 0.377. The Morgan fingerprint density at radius 1 is 1.19 bits per heavy atom. The van der Waals surface area contributed by atoms with Gasteiger partial charge in [-0.1, -0.05) is 18.2 Å². The Bertz CT molecular complexity index is 683. The molecule has 0 unspecified atom stereocenters. The molecular weight excluding hydrogens is 381 g/mol. The summed E-state index contributed by atoms with van der Waals surface area (Å²) in [7, 11) is 0. The molecule has 2 aromatic rings. The lowest BCUT2D eigenvalue weighted by Gasteiger charge is -2.24. The number of hydrogen-bond acceptors (Lipinski definition) is 4. The molecule has 0 heterocycles. The minimum absolute atomic E-state index is 0.0904. The lowest BCUT2D eigenvalue weighted by atomic mass is 10.2. The van der Waals surface area contributed by atoms with Crippen molar-refractivity contribution in [3.8, 4) is 6.07 Å². The molecule has 106 valence electrons. The first-order chi connectivity index (χ1) is 10.1. The lowest BCUT2D eigenvalue weighted by molar-refractivity contribution is -0.385. The third kappa shape index (κ3) is 3.70. The van der Waals surface area contributed by atoms with Gasteiger partial charge >= 0.3 is 0 Å². The molecule has 5 nitrogen and oxygen atoms in total. The van der Waals surface area contributed by atoms with E-state index in [0.717, 1.165) is 11.4 Å². The van der Waals surface area contributed by atoms with Crippen LogP contribution in [-0.4, -0.2) is 11.5 Å². The number of nitro groups is 1. The molecule has 0 aliphatic rings. The number of nitriles is 1. The second kappa shape index (κ2) is 7.04. The zero-order valence-corrected chi connectivity index (χ0v) is 13.2. The van der Waals surface area contributed by atoms with Crippen molar-refractivity contribution in [1.82, 2.24) is 0 Å². The summed E-state index contributed by atoms with van der Waals surface area (Å²) in [5, 5.41) is 19.7. The summed E-state index contributed by atoms with van der Waals surface area (Å²) < 4.78 is 0.577. The molecule has 2 aromatic carbocycles. The summed E-state index contributed by atoms with van der Waals surface area (Å²) >= 11 is 1.96. The van der Waals surface area contributed by atoms with E-state index in [-0.39, 0.29) is 5.69 Å². The van der Waals surface area contributed by atoms with Crippen molar-refractivity contribution in [1.29, 1.82) is 5.26 Å². The van der Waals surface area contributed by atoms with Crippen LogP contribution in [0.4, 0.5) is 17.1 Å². The molecule has 0 atom stereocenters. The van der Waals surface area contributed by atoms with E-state index in [1.54, 1.807) is 12.1 Å². The Hall–Kier alpha value is -2.14. The van der Waals surface area contributed by atoms with Gasteiger partial charge in [-0.15, -0.1) is 0 Å². The minimum Gasteiger partial charge on any atom is -0.340 e. The predicted molar refractivity (Wildman–Crippen MR) is 89.5 cm³/mol. The highest BCUT2D eigenvalue weighted by Crippen LogP contribution is 2.30. The number of nitro benzene ring substituents is 1. The second-order valence-electron chi connectivity index (χ2n) is 4.29. The molecule has 0 spiro atoms. The number of anilines is 2. The van der Waals surface area contributed by atoms with Crippen LogP contribution in [0.3, 0.4) is 0 Å². The van der Waals surface area contributed by atoms with E-state index in [2.05, 4.69) is 6.07 Å². The highest BCUT2D eigenvalue weighted by atomic mass is 127. The molecule has 0 aliphatic heterocycles.